The lowest BCUT2D eigenvalue weighted by molar-refractivity contribution is -0.138. The molecular weight excluding hydrogens is 208 g/mol. The van der Waals surface area contributed by atoms with Crippen molar-refractivity contribution < 1.29 is 15.0 Å². The highest BCUT2D eigenvalue weighted by molar-refractivity contribution is 5.84. The summed E-state index contributed by atoms with van der Waals surface area (Å²) in [5.41, 5.74) is 6.24. The van der Waals surface area contributed by atoms with Gasteiger partial charge in [0.1, 0.15) is 11.8 Å². The van der Waals surface area contributed by atoms with Gasteiger partial charge in [-0.25, -0.2) is 0 Å². The summed E-state index contributed by atoms with van der Waals surface area (Å²) in [5.74, 6) is -1.33. The quantitative estimate of drug-likeness (QED) is 0.699. The van der Waals surface area contributed by atoms with E-state index in [1.165, 1.54) is 12.1 Å². The fourth-order valence-electron chi connectivity index (χ4n) is 1.51. The number of aromatic nitrogens is 1. The van der Waals surface area contributed by atoms with Crippen LogP contribution in [0.3, 0.4) is 0 Å². The molecule has 0 aliphatic carbocycles. The molecule has 5 heteroatoms. The van der Waals surface area contributed by atoms with Gasteiger partial charge in [0, 0.05) is 23.2 Å². The van der Waals surface area contributed by atoms with E-state index in [0.29, 0.717) is 5.52 Å². The number of pyridine rings is 1. The second-order valence-corrected chi connectivity index (χ2v) is 3.42. The molecule has 16 heavy (non-hydrogen) atoms. The summed E-state index contributed by atoms with van der Waals surface area (Å²) in [6, 6.07) is 5.23. The highest BCUT2D eigenvalue weighted by atomic mass is 16.4. The van der Waals surface area contributed by atoms with Gasteiger partial charge in [-0.3, -0.25) is 9.78 Å². The highest BCUT2D eigenvalue weighted by Crippen LogP contribution is 2.27. The molecule has 1 aromatic heterocycles. The standard InChI is InChI=1S/C11H10N2O3/c12-10(11(15)16)7-4-6-2-1-3-13-8(6)5-9(7)14/h1-5,10,14H,12H2,(H,15,16)/t10-/m0/s1. The molecule has 82 valence electrons. The number of phenols is 1. The molecule has 0 fully saturated rings. The molecule has 1 atom stereocenters. The number of hydrogen-bond donors (Lipinski definition) is 3. The lowest BCUT2D eigenvalue weighted by Crippen LogP contribution is -2.20. The SMILES string of the molecule is N[C@H](C(=O)O)c1cc2cccnc2cc1O. The van der Waals surface area contributed by atoms with Gasteiger partial charge in [0.25, 0.3) is 0 Å². The molecule has 0 aliphatic heterocycles. The first-order valence-electron chi connectivity index (χ1n) is 4.65. The van der Waals surface area contributed by atoms with Gasteiger partial charge in [-0.05, 0) is 12.1 Å². The molecular formula is C11H10N2O3. The highest BCUT2D eigenvalue weighted by Gasteiger charge is 2.18. The first-order chi connectivity index (χ1) is 7.59. The topological polar surface area (TPSA) is 96.4 Å². The third-order valence-electron chi connectivity index (χ3n) is 2.35. The zero-order chi connectivity index (χ0) is 11.7. The van der Waals surface area contributed by atoms with Crippen LogP contribution in [0.15, 0.2) is 30.5 Å². The van der Waals surface area contributed by atoms with E-state index < -0.39 is 12.0 Å². The number of carboxylic acid groups (broad SMARTS) is 1. The smallest absolute Gasteiger partial charge is 0.325 e. The molecule has 0 spiro atoms. The van der Waals surface area contributed by atoms with E-state index in [2.05, 4.69) is 4.98 Å². The fraction of sp³-hybridized carbons (Fsp3) is 0.0909. The van der Waals surface area contributed by atoms with Crippen molar-refractivity contribution in [1.29, 1.82) is 0 Å². The largest absolute Gasteiger partial charge is 0.508 e. The van der Waals surface area contributed by atoms with E-state index in [4.69, 9.17) is 10.8 Å². The minimum Gasteiger partial charge on any atom is -0.508 e. The molecule has 2 aromatic rings. The van der Waals surface area contributed by atoms with Crippen molar-refractivity contribution in [3.63, 3.8) is 0 Å². The Morgan fingerprint density at radius 3 is 2.88 bits per heavy atom. The van der Waals surface area contributed by atoms with Gasteiger partial charge in [0.05, 0.1) is 5.52 Å². The number of aromatic hydroxyl groups is 1. The van der Waals surface area contributed by atoms with E-state index in [1.807, 2.05) is 0 Å². The average molecular weight is 218 g/mol. The first kappa shape index (κ1) is 10.4. The zero-order valence-electron chi connectivity index (χ0n) is 8.29. The lowest BCUT2D eigenvalue weighted by atomic mass is 10.0. The number of fused-ring (bicyclic) bond motifs is 1. The number of phenolic OH excluding ortho intramolecular Hbond substituents is 1. The number of hydrogen-bond acceptors (Lipinski definition) is 4. The van der Waals surface area contributed by atoms with Crippen LogP contribution < -0.4 is 5.73 Å². The summed E-state index contributed by atoms with van der Waals surface area (Å²) < 4.78 is 0. The molecule has 1 heterocycles. The van der Waals surface area contributed by atoms with Crippen molar-refractivity contribution in [2.24, 2.45) is 5.73 Å². The molecule has 2 rings (SSSR count). The van der Waals surface area contributed by atoms with Gasteiger partial charge < -0.3 is 15.9 Å². The predicted molar refractivity (Wildman–Crippen MR) is 58.0 cm³/mol. The maximum Gasteiger partial charge on any atom is 0.325 e. The number of aliphatic carboxylic acids is 1. The van der Waals surface area contributed by atoms with Crippen molar-refractivity contribution in [3.8, 4) is 5.75 Å². The van der Waals surface area contributed by atoms with Crippen molar-refractivity contribution in [2.75, 3.05) is 0 Å². The number of carbonyl (C=O) groups is 1. The fourth-order valence-corrected chi connectivity index (χ4v) is 1.51. The number of rotatable bonds is 2. The minimum absolute atomic E-state index is 0.152. The van der Waals surface area contributed by atoms with E-state index in [0.717, 1.165) is 5.39 Å². The van der Waals surface area contributed by atoms with Crippen molar-refractivity contribution in [1.82, 2.24) is 4.98 Å². The third-order valence-corrected chi connectivity index (χ3v) is 2.35. The summed E-state index contributed by atoms with van der Waals surface area (Å²) in [6.07, 6.45) is 1.60. The van der Waals surface area contributed by atoms with Gasteiger partial charge in [-0.1, -0.05) is 6.07 Å². The lowest BCUT2D eigenvalue weighted by Gasteiger charge is -2.10. The van der Waals surface area contributed by atoms with Gasteiger partial charge >= 0.3 is 5.97 Å². The van der Waals surface area contributed by atoms with E-state index in [1.54, 1.807) is 18.3 Å². The van der Waals surface area contributed by atoms with Gasteiger partial charge in [-0.2, -0.15) is 0 Å². The molecule has 1 aromatic carbocycles. The van der Waals surface area contributed by atoms with Crippen LogP contribution in [0.4, 0.5) is 0 Å². The molecule has 0 saturated carbocycles. The molecule has 4 N–H and O–H groups in total. The Labute approximate surface area is 91.2 Å². The van der Waals surface area contributed by atoms with Crippen molar-refractivity contribution in [3.05, 3.63) is 36.0 Å². The first-order valence-corrected chi connectivity index (χ1v) is 4.65. The van der Waals surface area contributed by atoms with E-state index >= 15 is 0 Å². The van der Waals surface area contributed by atoms with E-state index in [-0.39, 0.29) is 11.3 Å². The molecule has 0 saturated heterocycles. The molecule has 0 bridgehead atoms. The van der Waals surface area contributed by atoms with Crippen LogP contribution in [0.1, 0.15) is 11.6 Å². The number of carboxylic acids is 1. The maximum absolute atomic E-state index is 10.7. The molecule has 0 radical (unpaired) electrons. The average Bonchev–Trinajstić information content (AvgIpc) is 2.27. The molecule has 0 amide bonds. The number of nitrogens with two attached hydrogens (primary N) is 1. The van der Waals surface area contributed by atoms with Crippen LogP contribution in [0, 0.1) is 0 Å². The van der Waals surface area contributed by atoms with Gasteiger partial charge in [0.15, 0.2) is 0 Å². The summed E-state index contributed by atoms with van der Waals surface area (Å²) in [4.78, 5) is 14.8. The van der Waals surface area contributed by atoms with E-state index in [9.17, 15) is 9.90 Å². The Kier molecular flexibility index (Phi) is 2.46. The van der Waals surface area contributed by atoms with Gasteiger partial charge in [-0.15, -0.1) is 0 Å². The normalized spacial score (nSPS) is 12.6. The van der Waals surface area contributed by atoms with Crippen LogP contribution in [-0.2, 0) is 4.79 Å². The summed E-state index contributed by atoms with van der Waals surface area (Å²) in [5, 5.41) is 19.2. The Hall–Kier alpha value is -2.14. The van der Waals surface area contributed by atoms with Crippen molar-refractivity contribution in [2.45, 2.75) is 6.04 Å². The third kappa shape index (κ3) is 1.68. The van der Waals surface area contributed by atoms with Crippen molar-refractivity contribution >= 4 is 16.9 Å². The number of benzene rings is 1. The van der Waals surface area contributed by atoms with Crippen LogP contribution >= 0.6 is 0 Å². The zero-order valence-corrected chi connectivity index (χ0v) is 8.29. The Morgan fingerprint density at radius 2 is 2.19 bits per heavy atom. The predicted octanol–water partition coefficient (Wildman–Crippen LogP) is 1.02. The Bertz CT molecular complexity index is 554. The summed E-state index contributed by atoms with van der Waals surface area (Å²) in [6.45, 7) is 0. The monoisotopic (exact) mass is 218 g/mol. The summed E-state index contributed by atoms with van der Waals surface area (Å²) >= 11 is 0. The van der Waals surface area contributed by atoms with Crippen LogP contribution in [0.2, 0.25) is 0 Å². The molecule has 0 aliphatic rings. The maximum atomic E-state index is 10.7. The number of nitrogens with zero attached hydrogens (tertiary/aromatic N) is 1. The second-order valence-electron chi connectivity index (χ2n) is 3.42. The summed E-state index contributed by atoms with van der Waals surface area (Å²) in [7, 11) is 0. The Morgan fingerprint density at radius 1 is 1.44 bits per heavy atom. The van der Waals surface area contributed by atoms with Crippen LogP contribution in [-0.4, -0.2) is 21.2 Å². The Balaban J connectivity index is 2.62. The second kappa shape index (κ2) is 3.79. The van der Waals surface area contributed by atoms with Crippen LogP contribution in [0.25, 0.3) is 10.9 Å². The van der Waals surface area contributed by atoms with Gasteiger partial charge in [0.2, 0.25) is 0 Å². The molecule has 0 unspecified atom stereocenters. The van der Waals surface area contributed by atoms with Crippen LogP contribution in [0.5, 0.6) is 5.75 Å². The molecule has 5 nitrogen and oxygen atoms in total. The minimum atomic E-state index is -1.23.